The van der Waals surface area contributed by atoms with E-state index in [2.05, 4.69) is 5.92 Å². The number of carbonyl (C=O) groups excluding carboxylic acids is 1. The van der Waals surface area contributed by atoms with E-state index in [-0.39, 0.29) is 12.5 Å². The van der Waals surface area contributed by atoms with Gasteiger partial charge in [0.05, 0.1) is 6.54 Å². The predicted molar refractivity (Wildman–Crippen MR) is 41.2 cm³/mol. The van der Waals surface area contributed by atoms with Crippen molar-refractivity contribution in [3.8, 4) is 12.3 Å². The highest BCUT2D eigenvalue weighted by Crippen LogP contribution is 2.17. The van der Waals surface area contributed by atoms with E-state index in [1.807, 2.05) is 0 Å². The van der Waals surface area contributed by atoms with Gasteiger partial charge >= 0.3 is 5.97 Å². The van der Waals surface area contributed by atoms with Crippen LogP contribution in [0.4, 0.5) is 0 Å². The van der Waals surface area contributed by atoms with E-state index >= 15 is 0 Å². The highest BCUT2D eigenvalue weighted by atomic mass is 16.4. The van der Waals surface area contributed by atoms with Gasteiger partial charge in [-0.15, -0.1) is 6.42 Å². The third-order valence-corrected chi connectivity index (χ3v) is 1.87. The number of rotatable bonds is 2. The molecule has 1 N–H and O–H groups in total. The highest BCUT2D eigenvalue weighted by molar-refractivity contribution is 5.87. The molecule has 64 valence electrons. The molecule has 1 heterocycles. The van der Waals surface area contributed by atoms with Crippen molar-refractivity contribution in [1.29, 1.82) is 0 Å². The smallest absolute Gasteiger partial charge is 0.326 e. The molecular weight excluding hydrogens is 158 g/mol. The molecule has 0 aromatic rings. The van der Waals surface area contributed by atoms with E-state index in [0.29, 0.717) is 12.8 Å². The van der Waals surface area contributed by atoms with Crippen molar-refractivity contribution in [3.05, 3.63) is 0 Å². The Hall–Kier alpha value is -1.50. The van der Waals surface area contributed by atoms with Gasteiger partial charge in [0.2, 0.25) is 5.91 Å². The fourth-order valence-electron chi connectivity index (χ4n) is 1.29. The summed E-state index contributed by atoms with van der Waals surface area (Å²) < 4.78 is 0. The molecule has 1 fully saturated rings. The van der Waals surface area contributed by atoms with Crippen molar-refractivity contribution in [1.82, 2.24) is 4.90 Å². The molecule has 0 aromatic heterocycles. The van der Waals surface area contributed by atoms with Crippen molar-refractivity contribution >= 4 is 11.9 Å². The zero-order valence-electron chi connectivity index (χ0n) is 6.49. The lowest BCUT2D eigenvalue weighted by Gasteiger charge is -2.17. The molecule has 1 saturated heterocycles. The highest BCUT2D eigenvalue weighted by Gasteiger charge is 2.35. The van der Waals surface area contributed by atoms with Crippen molar-refractivity contribution in [2.75, 3.05) is 6.54 Å². The summed E-state index contributed by atoms with van der Waals surface area (Å²) in [5.41, 5.74) is 0. The van der Waals surface area contributed by atoms with E-state index in [9.17, 15) is 9.59 Å². The summed E-state index contributed by atoms with van der Waals surface area (Å²) in [6, 6.07) is -0.714. The van der Waals surface area contributed by atoms with Gasteiger partial charge in [0, 0.05) is 6.42 Å². The molecule has 1 rings (SSSR count). The molecule has 0 saturated carbocycles. The molecule has 1 amide bonds. The summed E-state index contributed by atoms with van der Waals surface area (Å²) in [6.07, 6.45) is 5.66. The van der Waals surface area contributed by atoms with E-state index in [0.717, 1.165) is 0 Å². The monoisotopic (exact) mass is 167 g/mol. The lowest BCUT2D eigenvalue weighted by Crippen LogP contribution is -2.38. The lowest BCUT2D eigenvalue weighted by atomic mass is 10.2. The van der Waals surface area contributed by atoms with Gasteiger partial charge < -0.3 is 10.0 Å². The Morgan fingerprint density at radius 3 is 3.00 bits per heavy atom. The Labute approximate surface area is 70.2 Å². The molecule has 1 unspecified atom stereocenters. The van der Waals surface area contributed by atoms with Crippen LogP contribution < -0.4 is 0 Å². The maximum Gasteiger partial charge on any atom is 0.326 e. The maximum absolute atomic E-state index is 11.0. The summed E-state index contributed by atoms with van der Waals surface area (Å²) in [4.78, 5) is 22.8. The number of nitrogens with zero attached hydrogens (tertiary/aromatic N) is 1. The summed E-state index contributed by atoms with van der Waals surface area (Å²) in [7, 11) is 0. The van der Waals surface area contributed by atoms with E-state index in [4.69, 9.17) is 11.5 Å². The van der Waals surface area contributed by atoms with Crippen molar-refractivity contribution in [2.45, 2.75) is 18.9 Å². The molecule has 12 heavy (non-hydrogen) atoms. The summed E-state index contributed by atoms with van der Waals surface area (Å²) in [5, 5.41) is 8.67. The van der Waals surface area contributed by atoms with Crippen LogP contribution in [0.15, 0.2) is 0 Å². The van der Waals surface area contributed by atoms with Gasteiger partial charge in [0.1, 0.15) is 6.04 Å². The molecule has 1 atom stereocenters. The van der Waals surface area contributed by atoms with E-state index in [1.165, 1.54) is 4.90 Å². The molecule has 0 aromatic carbocycles. The van der Waals surface area contributed by atoms with Gasteiger partial charge in [-0.25, -0.2) is 4.79 Å². The maximum atomic E-state index is 11.0. The number of aliphatic carboxylic acids is 1. The Morgan fingerprint density at radius 2 is 2.50 bits per heavy atom. The first kappa shape index (κ1) is 8.60. The first-order valence-electron chi connectivity index (χ1n) is 3.62. The fourth-order valence-corrected chi connectivity index (χ4v) is 1.29. The number of terminal acetylenes is 1. The molecule has 0 spiro atoms. The molecule has 0 bridgehead atoms. The molecule has 1 aliphatic rings. The van der Waals surface area contributed by atoms with Crippen LogP contribution in [-0.4, -0.2) is 34.5 Å². The van der Waals surface area contributed by atoms with Crippen molar-refractivity contribution in [3.63, 3.8) is 0 Å². The largest absolute Gasteiger partial charge is 0.480 e. The topological polar surface area (TPSA) is 57.6 Å². The van der Waals surface area contributed by atoms with Crippen LogP contribution >= 0.6 is 0 Å². The average molecular weight is 167 g/mol. The van der Waals surface area contributed by atoms with Crippen LogP contribution in [0.2, 0.25) is 0 Å². The standard InChI is InChI=1S/C8H9NO3/c1-2-5-9-6(8(11)12)3-4-7(9)10/h1,6H,3-5H2,(H,11,12). The van der Waals surface area contributed by atoms with Gasteiger partial charge in [-0.1, -0.05) is 5.92 Å². The SMILES string of the molecule is C#CCN1C(=O)CCC1C(=O)O. The average Bonchev–Trinajstić information content (AvgIpc) is 2.34. The number of amides is 1. The first-order valence-corrected chi connectivity index (χ1v) is 3.62. The quantitative estimate of drug-likeness (QED) is 0.574. The van der Waals surface area contributed by atoms with Crippen molar-refractivity contribution < 1.29 is 14.7 Å². The predicted octanol–water partition coefficient (Wildman–Crippen LogP) is -0.305. The molecule has 0 radical (unpaired) electrons. The molecule has 1 aliphatic heterocycles. The van der Waals surface area contributed by atoms with Crippen LogP contribution in [0.3, 0.4) is 0 Å². The Balaban J connectivity index is 2.71. The lowest BCUT2D eigenvalue weighted by molar-refractivity contribution is -0.145. The van der Waals surface area contributed by atoms with Gasteiger partial charge in [-0.2, -0.15) is 0 Å². The number of carboxylic acid groups (broad SMARTS) is 1. The summed E-state index contributed by atoms with van der Waals surface area (Å²) in [5.74, 6) is 1.12. The number of likely N-dealkylation sites (tertiary alicyclic amines) is 1. The van der Waals surface area contributed by atoms with Gasteiger partial charge in [0.25, 0.3) is 0 Å². The minimum atomic E-state index is -0.976. The summed E-state index contributed by atoms with van der Waals surface area (Å²) >= 11 is 0. The van der Waals surface area contributed by atoms with Crippen LogP contribution in [-0.2, 0) is 9.59 Å². The van der Waals surface area contributed by atoms with Crippen LogP contribution in [0.5, 0.6) is 0 Å². The van der Waals surface area contributed by atoms with Crippen LogP contribution in [0.25, 0.3) is 0 Å². The molecule has 0 aliphatic carbocycles. The van der Waals surface area contributed by atoms with E-state index in [1.54, 1.807) is 0 Å². The molecule has 4 nitrogen and oxygen atoms in total. The number of hydrogen-bond acceptors (Lipinski definition) is 2. The van der Waals surface area contributed by atoms with Crippen LogP contribution in [0.1, 0.15) is 12.8 Å². The van der Waals surface area contributed by atoms with Gasteiger partial charge in [-0.3, -0.25) is 4.79 Å². The Morgan fingerprint density at radius 1 is 1.83 bits per heavy atom. The Bertz CT molecular complexity index is 254. The second-order valence-corrected chi connectivity index (χ2v) is 2.62. The third kappa shape index (κ3) is 1.40. The number of carbonyl (C=O) groups is 2. The minimum absolute atomic E-state index is 0.0931. The van der Waals surface area contributed by atoms with Crippen molar-refractivity contribution in [2.24, 2.45) is 0 Å². The Kier molecular flexibility index (Phi) is 2.34. The van der Waals surface area contributed by atoms with Gasteiger partial charge in [0.15, 0.2) is 0 Å². The zero-order valence-corrected chi connectivity index (χ0v) is 6.49. The van der Waals surface area contributed by atoms with Gasteiger partial charge in [-0.05, 0) is 6.42 Å². The third-order valence-electron chi connectivity index (χ3n) is 1.87. The molecule has 4 heteroatoms. The molecular formula is C8H9NO3. The fraction of sp³-hybridized carbons (Fsp3) is 0.500. The number of carboxylic acids is 1. The second kappa shape index (κ2) is 3.26. The minimum Gasteiger partial charge on any atom is -0.480 e. The zero-order chi connectivity index (χ0) is 9.14. The number of hydrogen-bond donors (Lipinski definition) is 1. The van der Waals surface area contributed by atoms with Crippen LogP contribution in [0, 0.1) is 12.3 Å². The van der Waals surface area contributed by atoms with E-state index < -0.39 is 12.0 Å². The normalized spacial score (nSPS) is 22.4. The second-order valence-electron chi connectivity index (χ2n) is 2.62. The summed E-state index contributed by atoms with van der Waals surface area (Å²) in [6.45, 7) is 0.0931. The first-order chi connectivity index (χ1) is 5.66.